The quantitative estimate of drug-likeness (QED) is 0.765. The second kappa shape index (κ2) is 5.49. The van der Waals surface area contributed by atoms with Crippen LogP contribution in [0.3, 0.4) is 0 Å². The van der Waals surface area contributed by atoms with Gasteiger partial charge in [-0.3, -0.25) is 4.79 Å². The molecule has 3 rings (SSSR count). The molecule has 0 bridgehead atoms. The van der Waals surface area contributed by atoms with Gasteiger partial charge in [-0.1, -0.05) is 36.8 Å². The van der Waals surface area contributed by atoms with Gasteiger partial charge in [0.15, 0.2) is 6.29 Å². The van der Waals surface area contributed by atoms with E-state index in [-0.39, 0.29) is 0 Å². The topological polar surface area (TPSA) is 26.3 Å². The van der Waals surface area contributed by atoms with Crippen molar-refractivity contribution < 1.29 is 9.53 Å². The summed E-state index contributed by atoms with van der Waals surface area (Å²) in [6.07, 6.45) is 4.72. The molecule has 0 aromatic heterocycles. The van der Waals surface area contributed by atoms with E-state index < -0.39 is 0 Å². The molecule has 2 aromatic rings. The minimum atomic E-state index is 0.605. The minimum Gasteiger partial charge on any atom is -0.496 e. The largest absolute Gasteiger partial charge is 0.496 e. The van der Waals surface area contributed by atoms with E-state index in [9.17, 15) is 4.79 Å². The molecule has 0 heterocycles. The Hall–Kier alpha value is -2.09. The Bertz CT molecular complexity index is 627. The highest BCUT2D eigenvalue weighted by atomic mass is 16.5. The number of aldehydes is 1. The van der Waals surface area contributed by atoms with Crippen LogP contribution in [0.4, 0.5) is 0 Å². The number of benzene rings is 2. The molecule has 1 fully saturated rings. The monoisotopic (exact) mass is 266 g/mol. The van der Waals surface area contributed by atoms with Crippen LogP contribution in [-0.2, 0) is 0 Å². The van der Waals surface area contributed by atoms with Crippen LogP contribution >= 0.6 is 0 Å². The van der Waals surface area contributed by atoms with Crippen molar-refractivity contribution in [2.75, 3.05) is 7.11 Å². The molecule has 0 amide bonds. The lowest BCUT2D eigenvalue weighted by molar-refractivity contribution is 0.112. The van der Waals surface area contributed by atoms with Gasteiger partial charge in [0.05, 0.1) is 12.7 Å². The minimum absolute atomic E-state index is 0.605. The van der Waals surface area contributed by atoms with Crippen LogP contribution in [-0.4, -0.2) is 13.4 Å². The molecule has 0 unspecified atom stereocenters. The molecule has 1 aliphatic rings. The normalized spacial score (nSPS) is 14.7. The molecule has 1 aliphatic carbocycles. The second-order valence-corrected chi connectivity index (χ2v) is 5.29. The molecule has 0 atom stereocenters. The predicted octanol–water partition coefficient (Wildman–Crippen LogP) is 4.44. The molecule has 0 radical (unpaired) electrons. The Morgan fingerprint density at radius 1 is 1.15 bits per heavy atom. The van der Waals surface area contributed by atoms with E-state index in [2.05, 4.69) is 24.3 Å². The van der Waals surface area contributed by atoms with Gasteiger partial charge in [0.2, 0.25) is 0 Å². The maximum atomic E-state index is 11.2. The molecular weight excluding hydrogens is 248 g/mol. The first-order chi connectivity index (χ1) is 9.83. The van der Waals surface area contributed by atoms with Crippen LogP contribution in [0.25, 0.3) is 11.1 Å². The van der Waals surface area contributed by atoms with E-state index in [0.29, 0.717) is 17.2 Å². The second-order valence-electron chi connectivity index (χ2n) is 5.29. The van der Waals surface area contributed by atoms with E-state index in [4.69, 9.17) is 4.74 Å². The van der Waals surface area contributed by atoms with E-state index in [1.807, 2.05) is 18.2 Å². The van der Waals surface area contributed by atoms with Crippen LogP contribution in [0, 0.1) is 0 Å². The van der Waals surface area contributed by atoms with Crippen LogP contribution in [0.5, 0.6) is 5.75 Å². The van der Waals surface area contributed by atoms with Crippen LogP contribution < -0.4 is 4.74 Å². The summed E-state index contributed by atoms with van der Waals surface area (Å²) >= 11 is 0. The zero-order chi connectivity index (χ0) is 13.9. The Morgan fingerprint density at radius 3 is 2.60 bits per heavy atom. The van der Waals surface area contributed by atoms with Crippen molar-refractivity contribution in [3.8, 4) is 16.9 Å². The number of hydrogen-bond donors (Lipinski definition) is 0. The number of methoxy groups -OCH3 is 1. The van der Waals surface area contributed by atoms with Gasteiger partial charge < -0.3 is 4.74 Å². The van der Waals surface area contributed by atoms with Gasteiger partial charge in [0.25, 0.3) is 0 Å². The smallest absolute Gasteiger partial charge is 0.153 e. The Labute approximate surface area is 119 Å². The number of carbonyl (C=O) groups is 1. The lowest BCUT2D eigenvalue weighted by atomic mass is 9.77. The fourth-order valence-corrected chi connectivity index (χ4v) is 2.83. The van der Waals surface area contributed by atoms with Crippen LogP contribution in [0.2, 0.25) is 0 Å². The Morgan fingerprint density at radius 2 is 1.95 bits per heavy atom. The van der Waals surface area contributed by atoms with Crippen molar-refractivity contribution in [1.82, 2.24) is 0 Å². The first-order valence-electron chi connectivity index (χ1n) is 7.06. The molecule has 2 heteroatoms. The maximum Gasteiger partial charge on any atom is 0.153 e. The average Bonchev–Trinajstić information content (AvgIpc) is 2.45. The average molecular weight is 266 g/mol. The van der Waals surface area contributed by atoms with Crippen molar-refractivity contribution in [3.63, 3.8) is 0 Å². The highest BCUT2D eigenvalue weighted by Crippen LogP contribution is 2.41. The maximum absolute atomic E-state index is 11.2. The number of rotatable bonds is 4. The lowest BCUT2D eigenvalue weighted by Crippen LogP contribution is -2.09. The van der Waals surface area contributed by atoms with Gasteiger partial charge in [0.1, 0.15) is 5.75 Å². The van der Waals surface area contributed by atoms with Crippen molar-refractivity contribution in [1.29, 1.82) is 0 Å². The van der Waals surface area contributed by atoms with E-state index in [0.717, 1.165) is 11.8 Å². The van der Waals surface area contributed by atoms with Crippen molar-refractivity contribution in [2.24, 2.45) is 0 Å². The molecule has 2 aromatic carbocycles. The summed E-state index contributed by atoms with van der Waals surface area (Å²) in [4.78, 5) is 11.2. The van der Waals surface area contributed by atoms with Gasteiger partial charge >= 0.3 is 0 Å². The summed E-state index contributed by atoms with van der Waals surface area (Å²) < 4.78 is 5.21. The third kappa shape index (κ3) is 2.22. The zero-order valence-corrected chi connectivity index (χ0v) is 11.6. The number of ether oxygens (including phenoxy) is 1. The zero-order valence-electron chi connectivity index (χ0n) is 11.6. The summed E-state index contributed by atoms with van der Waals surface area (Å²) in [5, 5.41) is 0. The van der Waals surface area contributed by atoms with Gasteiger partial charge in [-0.05, 0) is 47.6 Å². The summed E-state index contributed by atoms with van der Waals surface area (Å²) in [5.74, 6) is 1.30. The summed E-state index contributed by atoms with van der Waals surface area (Å²) in [5.41, 5.74) is 4.34. The standard InChI is InChI=1S/C18H18O2/c1-20-18-10-9-14(11-15(18)12-19)17-8-3-2-7-16(17)13-5-4-6-13/h2-3,7-13H,4-6H2,1H3. The molecule has 1 saturated carbocycles. The first-order valence-corrected chi connectivity index (χ1v) is 7.06. The molecule has 2 nitrogen and oxygen atoms in total. The highest BCUT2D eigenvalue weighted by molar-refractivity contribution is 5.83. The van der Waals surface area contributed by atoms with Gasteiger partial charge in [-0.15, -0.1) is 0 Å². The van der Waals surface area contributed by atoms with Crippen molar-refractivity contribution in [2.45, 2.75) is 25.2 Å². The fourth-order valence-electron chi connectivity index (χ4n) is 2.83. The number of hydrogen-bond acceptors (Lipinski definition) is 2. The Balaban J connectivity index is 2.06. The van der Waals surface area contributed by atoms with Crippen LogP contribution in [0.15, 0.2) is 42.5 Å². The van der Waals surface area contributed by atoms with Crippen molar-refractivity contribution in [3.05, 3.63) is 53.6 Å². The summed E-state index contributed by atoms with van der Waals surface area (Å²) in [7, 11) is 1.59. The molecule has 0 spiro atoms. The predicted molar refractivity (Wildman–Crippen MR) is 80.4 cm³/mol. The highest BCUT2D eigenvalue weighted by Gasteiger charge is 2.22. The van der Waals surface area contributed by atoms with Gasteiger partial charge in [-0.2, -0.15) is 0 Å². The van der Waals surface area contributed by atoms with Gasteiger partial charge in [-0.25, -0.2) is 0 Å². The third-order valence-electron chi connectivity index (χ3n) is 4.17. The van der Waals surface area contributed by atoms with E-state index in [1.165, 1.54) is 30.4 Å². The van der Waals surface area contributed by atoms with E-state index >= 15 is 0 Å². The first kappa shape index (κ1) is 12.9. The third-order valence-corrected chi connectivity index (χ3v) is 4.17. The molecule has 20 heavy (non-hydrogen) atoms. The van der Waals surface area contributed by atoms with Crippen LogP contribution in [0.1, 0.15) is 41.1 Å². The van der Waals surface area contributed by atoms with E-state index in [1.54, 1.807) is 7.11 Å². The van der Waals surface area contributed by atoms with Crippen molar-refractivity contribution >= 4 is 6.29 Å². The molecule has 0 saturated heterocycles. The molecule has 102 valence electrons. The van der Waals surface area contributed by atoms with Gasteiger partial charge in [0, 0.05) is 0 Å². The summed E-state index contributed by atoms with van der Waals surface area (Å²) in [6.45, 7) is 0. The number of carbonyl (C=O) groups excluding carboxylic acids is 1. The molecular formula is C18H18O2. The lowest BCUT2D eigenvalue weighted by Gasteiger charge is -2.28. The summed E-state index contributed by atoms with van der Waals surface area (Å²) in [6, 6.07) is 14.3. The fraction of sp³-hybridized carbons (Fsp3) is 0.278. The Kier molecular flexibility index (Phi) is 3.55. The molecule has 0 aliphatic heterocycles. The molecule has 0 N–H and O–H groups in total. The SMILES string of the molecule is COc1ccc(-c2ccccc2C2CCC2)cc1C=O.